The molecule has 0 saturated carbocycles. The molecule has 3 nitrogen and oxygen atoms in total. The van der Waals surface area contributed by atoms with Crippen molar-refractivity contribution in [1.82, 2.24) is 0 Å². The first kappa shape index (κ1) is 14.8. The van der Waals surface area contributed by atoms with E-state index in [4.69, 9.17) is 11.6 Å². The van der Waals surface area contributed by atoms with Gasteiger partial charge in [-0.15, -0.1) is 23.5 Å². The number of hydrogen-bond donors (Lipinski definition) is 0. The molecule has 0 N–H and O–H groups in total. The second kappa shape index (κ2) is 6.30. The maximum absolute atomic E-state index is 11.4. The van der Waals surface area contributed by atoms with Crippen LogP contribution in [0.5, 0.6) is 0 Å². The highest BCUT2D eigenvalue weighted by Crippen LogP contribution is 2.55. The van der Waals surface area contributed by atoms with Gasteiger partial charge in [-0.2, -0.15) is 0 Å². The molecule has 0 amide bonds. The van der Waals surface area contributed by atoms with Crippen molar-refractivity contribution in [3.63, 3.8) is 0 Å². The van der Waals surface area contributed by atoms with Crippen LogP contribution in [-0.4, -0.2) is 15.5 Å². The molecular formula is C15H12ClNO2S2. The number of rotatable bonds is 4. The van der Waals surface area contributed by atoms with Gasteiger partial charge >= 0.3 is 0 Å². The summed E-state index contributed by atoms with van der Waals surface area (Å²) in [5.41, 5.74) is 0.969. The zero-order chi connectivity index (χ0) is 14.8. The molecule has 0 unspecified atom stereocenters. The van der Waals surface area contributed by atoms with Crippen LogP contribution in [0.1, 0.15) is 10.8 Å². The third-order valence-corrected chi connectivity index (χ3v) is 6.63. The number of nitrogens with zero attached hydrogens (tertiary/aromatic N) is 1. The Morgan fingerprint density at radius 1 is 1.10 bits per heavy atom. The van der Waals surface area contributed by atoms with Gasteiger partial charge in [-0.3, -0.25) is 10.1 Å². The van der Waals surface area contributed by atoms with Gasteiger partial charge in [0.1, 0.15) is 9.83 Å². The van der Waals surface area contributed by atoms with E-state index in [-0.39, 0.29) is 14.8 Å². The summed E-state index contributed by atoms with van der Waals surface area (Å²) in [6.45, 7) is 0. The van der Waals surface area contributed by atoms with E-state index >= 15 is 0 Å². The Kier molecular flexibility index (Phi) is 4.42. The molecule has 0 radical (unpaired) electrons. The van der Waals surface area contributed by atoms with Crippen LogP contribution >= 0.6 is 35.1 Å². The molecule has 3 atom stereocenters. The van der Waals surface area contributed by atoms with E-state index in [0.29, 0.717) is 5.02 Å². The Hall–Kier alpha value is -1.17. The molecule has 2 aromatic rings. The van der Waals surface area contributed by atoms with E-state index in [9.17, 15) is 10.1 Å². The Morgan fingerprint density at radius 3 is 2.38 bits per heavy atom. The van der Waals surface area contributed by atoms with Gasteiger partial charge in [-0.25, -0.2) is 0 Å². The van der Waals surface area contributed by atoms with Crippen LogP contribution in [0.25, 0.3) is 0 Å². The van der Waals surface area contributed by atoms with Gasteiger partial charge in [-0.05, 0) is 29.8 Å². The lowest BCUT2D eigenvalue weighted by molar-refractivity contribution is -0.522. The van der Waals surface area contributed by atoms with Crippen molar-refractivity contribution in [2.45, 2.75) is 20.8 Å². The fourth-order valence-electron chi connectivity index (χ4n) is 2.23. The van der Waals surface area contributed by atoms with Crippen LogP contribution in [0.2, 0.25) is 5.02 Å². The highest BCUT2D eigenvalue weighted by molar-refractivity contribution is 8.18. The molecule has 0 bridgehead atoms. The second-order valence-corrected chi connectivity index (χ2v) is 7.92. The molecule has 1 aliphatic heterocycles. The predicted octanol–water partition coefficient (Wildman–Crippen LogP) is 4.89. The normalized spacial score (nSPS) is 24.3. The minimum Gasteiger partial charge on any atom is -0.264 e. The molecule has 0 aliphatic carbocycles. The lowest BCUT2D eigenvalue weighted by Gasteiger charge is -2.37. The Balaban J connectivity index is 1.74. The van der Waals surface area contributed by atoms with E-state index in [1.54, 1.807) is 35.7 Å². The summed E-state index contributed by atoms with van der Waals surface area (Å²) in [4.78, 5) is 12.3. The summed E-state index contributed by atoms with van der Waals surface area (Å²) < 4.78 is -0.0527. The van der Waals surface area contributed by atoms with Crippen molar-refractivity contribution in [3.8, 4) is 0 Å². The lowest BCUT2D eigenvalue weighted by atomic mass is 10.1. The molecule has 0 spiro atoms. The quantitative estimate of drug-likeness (QED) is 0.588. The van der Waals surface area contributed by atoms with Crippen molar-refractivity contribution < 1.29 is 4.92 Å². The summed E-state index contributed by atoms with van der Waals surface area (Å²) in [5.74, 6) is 0. The first-order valence-corrected chi connectivity index (χ1v) is 8.61. The molecule has 1 aliphatic rings. The average Bonchev–Trinajstić information content (AvgIpc) is 2.45. The van der Waals surface area contributed by atoms with Crippen molar-refractivity contribution in [3.05, 3.63) is 75.3 Å². The van der Waals surface area contributed by atoms with E-state index < -0.39 is 6.04 Å². The average molecular weight is 338 g/mol. The predicted molar refractivity (Wildman–Crippen MR) is 88.7 cm³/mol. The zero-order valence-electron chi connectivity index (χ0n) is 10.9. The van der Waals surface area contributed by atoms with Crippen LogP contribution in [0, 0.1) is 10.1 Å². The molecule has 1 heterocycles. The van der Waals surface area contributed by atoms with Crippen LogP contribution < -0.4 is 0 Å². The van der Waals surface area contributed by atoms with Gasteiger partial charge in [0.25, 0.3) is 0 Å². The van der Waals surface area contributed by atoms with E-state index in [1.807, 2.05) is 42.5 Å². The standard InChI is InChI=1S/C15H12ClNO2S2/c16-11-8-6-10(7-9-11)14-13(17(18)19)15(21-14)20-12-4-2-1-3-5-12/h1-9,13-15H/t13-,14-,15-/m1/s1. The van der Waals surface area contributed by atoms with Crippen LogP contribution in [0.3, 0.4) is 0 Å². The number of nitro groups is 1. The molecule has 108 valence electrons. The van der Waals surface area contributed by atoms with Crippen LogP contribution in [-0.2, 0) is 0 Å². The first-order chi connectivity index (χ1) is 10.1. The van der Waals surface area contributed by atoms with Gasteiger partial charge in [0.05, 0.1) is 0 Å². The van der Waals surface area contributed by atoms with Gasteiger partial charge in [0, 0.05) is 14.8 Å². The summed E-state index contributed by atoms with van der Waals surface area (Å²) in [5, 5.41) is 11.9. The van der Waals surface area contributed by atoms with E-state index in [1.165, 1.54) is 0 Å². The fourth-order valence-corrected chi connectivity index (χ4v) is 5.51. The second-order valence-electron chi connectivity index (χ2n) is 4.68. The molecular weight excluding hydrogens is 326 g/mol. The Morgan fingerprint density at radius 2 is 1.76 bits per heavy atom. The molecule has 0 aromatic heterocycles. The first-order valence-electron chi connectivity index (χ1n) is 6.41. The van der Waals surface area contributed by atoms with Gasteiger partial charge in [0.15, 0.2) is 0 Å². The summed E-state index contributed by atoms with van der Waals surface area (Å²) >= 11 is 9.07. The van der Waals surface area contributed by atoms with E-state index in [0.717, 1.165) is 10.5 Å². The molecule has 2 aromatic carbocycles. The van der Waals surface area contributed by atoms with Crippen molar-refractivity contribution in [2.75, 3.05) is 0 Å². The SMILES string of the molecule is O=[N+]([O-])[C@H]1[C@H](Sc2ccccc2)S[C@@H]1c1ccc(Cl)cc1. The molecule has 3 rings (SSSR count). The van der Waals surface area contributed by atoms with Crippen molar-refractivity contribution >= 4 is 35.1 Å². The summed E-state index contributed by atoms with van der Waals surface area (Å²) in [6.07, 6.45) is 0. The number of hydrogen-bond acceptors (Lipinski definition) is 4. The summed E-state index contributed by atoms with van der Waals surface area (Å²) in [7, 11) is 0. The van der Waals surface area contributed by atoms with E-state index in [2.05, 4.69) is 0 Å². The van der Waals surface area contributed by atoms with Crippen molar-refractivity contribution in [2.24, 2.45) is 0 Å². The number of thioether (sulfide) groups is 2. The molecule has 1 fully saturated rings. The smallest absolute Gasteiger partial charge is 0.249 e. The monoisotopic (exact) mass is 337 g/mol. The molecule has 6 heteroatoms. The molecule has 1 saturated heterocycles. The number of halogens is 1. The highest BCUT2D eigenvalue weighted by Gasteiger charge is 2.52. The lowest BCUT2D eigenvalue weighted by Crippen LogP contribution is -2.43. The van der Waals surface area contributed by atoms with Gasteiger partial charge < -0.3 is 0 Å². The van der Waals surface area contributed by atoms with Crippen LogP contribution in [0.4, 0.5) is 0 Å². The fraction of sp³-hybridized carbons (Fsp3) is 0.200. The zero-order valence-corrected chi connectivity index (χ0v) is 13.3. The topological polar surface area (TPSA) is 43.1 Å². The minimum atomic E-state index is -0.568. The third kappa shape index (κ3) is 3.20. The third-order valence-electron chi connectivity index (χ3n) is 3.31. The number of benzene rings is 2. The summed E-state index contributed by atoms with van der Waals surface area (Å²) in [6, 6.07) is 16.6. The van der Waals surface area contributed by atoms with Crippen molar-refractivity contribution in [1.29, 1.82) is 0 Å². The van der Waals surface area contributed by atoms with Crippen LogP contribution in [0.15, 0.2) is 59.5 Å². The Bertz CT molecular complexity index is 636. The largest absolute Gasteiger partial charge is 0.264 e. The maximum Gasteiger partial charge on any atom is 0.249 e. The minimum absolute atomic E-state index is 0.0527. The highest BCUT2D eigenvalue weighted by atomic mass is 35.5. The van der Waals surface area contributed by atoms with Gasteiger partial charge in [-0.1, -0.05) is 41.9 Å². The van der Waals surface area contributed by atoms with Gasteiger partial charge in [0.2, 0.25) is 6.04 Å². The maximum atomic E-state index is 11.4. The molecule has 21 heavy (non-hydrogen) atoms. The Labute approximate surface area is 136 Å².